The molecule has 0 spiro atoms. The Morgan fingerprint density at radius 2 is 2.00 bits per heavy atom. The standard InChI is InChI=1S/C19H25FN4OS/c1-3-21-19(24-13-15-8-7-14(2)16(20)12-15)23-10-5-9-22-18(25)17-6-4-11-26-17/h4,6-8,11-12H,3,5,9-10,13H2,1-2H3,(H,22,25)(H2,21,23,24). The highest BCUT2D eigenvalue weighted by Crippen LogP contribution is 2.10. The molecule has 0 bridgehead atoms. The second kappa shape index (κ2) is 10.6. The molecule has 1 aromatic carbocycles. The van der Waals surface area contributed by atoms with Crippen LogP contribution in [-0.4, -0.2) is 31.5 Å². The number of hydrogen-bond donors (Lipinski definition) is 3. The van der Waals surface area contributed by atoms with Crippen molar-refractivity contribution in [1.29, 1.82) is 0 Å². The molecule has 0 aliphatic rings. The first kappa shape index (κ1) is 19.9. The van der Waals surface area contributed by atoms with Crippen LogP contribution < -0.4 is 16.0 Å². The van der Waals surface area contributed by atoms with Crippen molar-refractivity contribution in [3.05, 3.63) is 57.5 Å². The van der Waals surface area contributed by atoms with Gasteiger partial charge in [0.1, 0.15) is 5.82 Å². The molecule has 0 saturated heterocycles. The number of hydrogen-bond acceptors (Lipinski definition) is 3. The van der Waals surface area contributed by atoms with Gasteiger partial charge in [0, 0.05) is 19.6 Å². The molecule has 2 aromatic rings. The van der Waals surface area contributed by atoms with Gasteiger partial charge in [-0.05, 0) is 48.9 Å². The van der Waals surface area contributed by atoms with Crippen molar-refractivity contribution in [3.8, 4) is 0 Å². The first-order valence-corrected chi connectivity index (χ1v) is 9.57. The van der Waals surface area contributed by atoms with Gasteiger partial charge in [-0.2, -0.15) is 0 Å². The van der Waals surface area contributed by atoms with Gasteiger partial charge in [0.05, 0.1) is 11.4 Å². The van der Waals surface area contributed by atoms with Crippen LogP contribution in [0.25, 0.3) is 0 Å². The number of guanidine groups is 1. The maximum absolute atomic E-state index is 13.6. The van der Waals surface area contributed by atoms with Gasteiger partial charge in [0.2, 0.25) is 0 Å². The molecule has 2 rings (SSSR count). The summed E-state index contributed by atoms with van der Waals surface area (Å²) in [6.07, 6.45) is 0.778. The summed E-state index contributed by atoms with van der Waals surface area (Å²) in [6, 6.07) is 8.83. The largest absolute Gasteiger partial charge is 0.357 e. The summed E-state index contributed by atoms with van der Waals surface area (Å²) in [5.41, 5.74) is 1.46. The molecule has 0 unspecified atom stereocenters. The Morgan fingerprint density at radius 1 is 1.19 bits per heavy atom. The second-order valence-corrected chi connectivity index (χ2v) is 6.74. The van der Waals surface area contributed by atoms with Gasteiger partial charge >= 0.3 is 0 Å². The minimum atomic E-state index is -0.211. The lowest BCUT2D eigenvalue weighted by molar-refractivity contribution is 0.0957. The van der Waals surface area contributed by atoms with E-state index in [1.54, 1.807) is 13.0 Å². The maximum Gasteiger partial charge on any atom is 0.261 e. The van der Waals surface area contributed by atoms with E-state index in [-0.39, 0.29) is 11.7 Å². The molecule has 5 nitrogen and oxygen atoms in total. The fraction of sp³-hybridized carbons (Fsp3) is 0.368. The lowest BCUT2D eigenvalue weighted by Crippen LogP contribution is -2.38. The predicted octanol–water partition coefficient (Wildman–Crippen LogP) is 3.07. The monoisotopic (exact) mass is 376 g/mol. The molecule has 1 aromatic heterocycles. The van der Waals surface area contributed by atoms with E-state index in [0.29, 0.717) is 31.2 Å². The number of nitrogens with one attached hydrogen (secondary N) is 3. The Bertz CT molecular complexity index is 731. The molecule has 0 aliphatic heterocycles. The normalized spacial score (nSPS) is 11.3. The Labute approximate surface area is 157 Å². The van der Waals surface area contributed by atoms with Crippen LogP contribution in [-0.2, 0) is 6.54 Å². The fourth-order valence-corrected chi connectivity index (χ4v) is 2.88. The Kier molecular flexibility index (Phi) is 8.08. The van der Waals surface area contributed by atoms with E-state index < -0.39 is 0 Å². The van der Waals surface area contributed by atoms with Gasteiger partial charge in [0.25, 0.3) is 5.91 Å². The predicted molar refractivity (Wildman–Crippen MR) is 105 cm³/mol. The molecular weight excluding hydrogens is 351 g/mol. The highest BCUT2D eigenvalue weighted by atomic mass is 32.1. The van der Waals surface area contributed by atoms with Crippen molar-refractivity contribution in [2.75, 3.05) is 19.6 Å². The third-order valence-electron chi connectivity index (χ3n) is 3.68. The van der Waals surface area contributed by atoms with Gasteiger partial charge in [-0.1, -0.05) is 18.2 Å². The van der Waals surface area contributed by atoms with Crippen LogP contribution in [0, 0.1) is 12.7 Å². The smallest absolute Gasteiger partial charge is 0.261 e. The van der Waals surface area contributed by atoms with E-state index in [1.807, 2.05) is 30.5 Å². The van der Waals surface area contributed by atoms with E-state index in [0.717, 1.165) is 23.4 Å². The van der Waals surface area contributed by atoms with Crippen molar-refractivity contribution in [2.24, 2.45) is 4.99 Å². The van der Waals surface area contributed by atoms with Crippen molar-refractivity contribution in [3.63, 3.8) is 0 Å². The highest BCUT2D eigenvalue weighted by molar-refractivity contribution is 7.12. The average molecular weight is 377 g/mol. The number of halogens is 1. The summed E-state index contributed by atoms with van der Waals surface area (Å²) < 4.78 is 13.6. The lowest BCUT2D eigenvalue weighted by atomic mass is 10.1. The van der Waals surface area contributed by atoms with Crippen molar-refractivity contribution in [2.45, 2.75) is 26.8 Å². The summed E-state index contributed by atoms with van der Waals surface area (Å²) in [5.74, 6) is 0.428. The molecule has 0 fully saturated rings. The minimum absolute atomic E-state index is 0.0398. The van der Waals surface area contributed by atoms with Crippen molar-refractivity contribution in [1.82, 2.24) is 16.0 Å². The van der Waals surface area contributed by atoms with Gasteiger partial charge in [-0.25, -0.2) is 9.38 Å². The van der Waals surface area contributed by atoms with Crippen molar-refractivity contribution >= 4 is 23.2 Å². The summed E-state index contributed by atoms with van der Waals surface area (Å²) in [5, 5.41) is 11.2. The van der Waals surface area contributed by atoms with Crippen LogP contribution in [0.5, 0.6) is 0 Å². The topological polar surface area (TPSA) is 65.5 Å². The minimum Gasteiger partial charge on any atom is -0.357 e. The van der Waals surface area contributed by atoms with Crippen LogP contribution in [0.1, 0.15) is 34.1 Å². The summed E-state index contributed by atoms with van der Waals surface area (Å²) in [6.45, 7) is 6.14. The molecule has 1 amide bonds. The van der Waals surface area contributed by atoms with E-state index in [4.69, 9.17) is 0 Å². The van der Waals surface area contributed by atoms with Crippen LogP contribution in [0.3, 0.4) is 0 Å². The maximum atomic E-state index is 13.6. The number of carbonyl (C=O) groups excluding carboxylic acids is 1. The summed E-state index contributed by atoms with van der Waals surface area (Å²) in [7, 11) is 0. The summed E-state index contributed by atoms with van der Waals surface area (Å²) in [4.78, 5) is 17.0. The first-order valence-electron chi connectivity index (χ1n) is 8.69. The Morgan fingerprint density at radius 3 is 2.69 bits per heavy atom. The van der Waals surface area contributed by atoms with Crippen LogP contribution in [0.4, 0.5) is 4.39 Å². The molecule has 1 heterocycles. The van der Waals surface area contributed by atoms with Gasteiger partial charge in [-0.3, -0.25) is 4.79 Å². The van der Waals surface area contributed by atoms with E-state index in [2.05, 4.69) is 20.9 Å². The summed E-state index contributed by atoms with van der Waals surface area (Å²) >= 11 is 1.43. The molecule has 3 N–H and O–H groups in total. The molecule has 140 valence electrons. The van der Waals surface area contributed by atoms with Gasteiger partial charge in [-0.15, -0.1) is 11.3 Å². The highest BCUT2D eigenvalue weighted by Gasteiger charge is 2.05. The molecular formula is C19H25FN4OS. The zero-order valence-corrected chi connectivity index (χ0v) is 16.0. The fourth-order valence-electron chi connectivity index (χ4n) is 2.24. The number of amides is 1. The Hall–Kier alpha value is -2.41. The second-order valence-electron chi connectivity index (χ2n) is 5.79. The molecule has 0 saturated carbocycles. The van der Waals surface area contributed by atoms with E-state index in [1.165, 1.54) is 17.4 Å². The quantitative estimate of drug-likeness (QED) is 0.377. The van der Waals surface area contributed by atoms with Crippen LogP contribution in [0.2, 0.25) is 0 Å². The third-order valence-corrected chi connectivity index (χ3v) is 4.55. The Balaban J connectivity index is 1.74. The number of aliphatic imine (C=N–C) groups is 1. The van der Waals surface area contributed by atoms with Crippen LogP contribution >= 0.6 is 11.3 Å². The lowest BCUT2D eigenvalue weighted by Gasteiger charge is -2.11. The molecule has 0 aliphatic carbocycles. The number of nitrogens with zero attached hydrogens (tertiary/aromatic N) is 1. The zero-order valence-electron chi connectivity index (χ0n) is 15.1. The number of carbonyl (C=O) groups is 1. The number of benzene rings is 1. The molecule has 0 radical (unpaired) electrons. The third kappa shape index (κ3) is 6.48. The SMILES string of the molecule is CCNC(=NCc1ccc(C)c(F)c1)NCCCNC(=O)c1cccs1. The van der Waals surface area contributed by atoms with Crippen LogP contribution in [0.15, 0.2) is 40.7 Å². The zero-order chi connectivity index (χ0) is 18.8. The molecule has 26 heavy (non-hydrogen) atoms. The average Bonchev–Trinajstić information content (AvgIpc) is 3.16. The van der Waals surface area contributed by atoms with Gasteiger partial charge < -0.3 is 16.0 Å². The number of aryl methyl sites for hydroxylation is 1. The number of rotatable bonds is 8. The van der Waals surface area contributed by atoms with Gasteiger partial charge in [0.15, 0.2) is 5.96 Å². The molecule has 7 heteroatoms. The van der Waals surface area contributed by atoms with E-state index >= 15 is 0 Å². The van der Waals surface area contributed by atoms with E-state index in [9.17, 15) is 9.18 Å². The van der Waals surface area contributed by atoms with Crippen molar-refractivity contribution < 1.29 is 9.18 Å². The first-order chi connectivity index (χ1) is 12.6. The molecule has 0 atom stereocenters. The number of thiophene rings is 1.